The first-order valence-electron chi connectivity index (χ1n) is 9.69. The van der Waals surface area contributed by atoms with Gasteiger partial charge in [-0.15, -0.1) is 0 Å². The number of aryl methyl sites for hydroxylation is 3. The van der Waals surface area contributed by atoms with Crippen LogP contribution in [0.25, 0.3) is 16.6 Å². The van der Waals surface area contributed by atoms with Crippen molar-refractivity contribution in [3.05, 3.63) is 60.1 Å². The van der Waals surface area contributed by atoms with Gasteiger partial charge in [0.2, 0.25) is 0 Å². The summed E-state index contributed by atoms with van der Waals surface area (Å²) in [6.07, 6.45) is -3.65. The highest BCUT2D eigenvalue weighted by molar-refractivity contribution is 5.93. The molecule has 0 aliphatic heterocycles. The number of nitrogens with zero attached hydrogens (tertiary/aromatic N) is 5. The fraction of sp³-hybridized carbons (Fsp3) is 0.286. The monoisotopic (exact) mass is 432 g/mol. The number of nitrogens with one attached hydrogen (secondary N) is 1. The van der Waals surface area contributed by atoms with Gasteiger partial charge in [-0.3, -0.25) is 4.68 Å². The first kappa shape index (κ1) is 20.8. The van der Waals surface area contributed by atoms with Gasteiger partial charge in [-0.05, 0) is 44.5 Å². The van der Waals surface area contributed by atoms with Crippen LogP contribution < -0.4 is 5.32 Å². The van der Waals surface area contributed by atoms with E-state index in [9.17, 15) is 17.6 Å². The van der Waals surface area contributed by atoms with Crippen LogP contribution in [0.2, 0.25) is 0 Å². The Labute approximate surface area is 175 Å². The number of halogens is 4. The Balaban J connectivity index is 1.58. The van der Waals surface area contributed by atoms with Crippen molar-refractivity contribution in [2.24, 2.45) is 0 Å². The molecule has 2 aromatic heterocycles. The van der Waals surface area contributed by atoms with Crippen LogP contribution in [-0.2, 0) is 6.54 Å². The summed E-state index contributed by atoms with van der Waals surface area (Å²) < 4.78 is 55.0. The lowest BCUT2D eigenvalue weighted by molar-refractivity contribution is -0.136. The molecule has 0 atom stereocenters. The van der Waals surface area contributed by atoms with E-state index in [0.29, 0.717) is 22.7 Å². The molecular weight excluding hydrogens is 412 g/mol. The topological polar surface area (TPSA) is 60.6 Å². The van der Waals surface area contributed by atoms with E-state index in [4.69, 9.17) is 0 Å². The molecule has 0 aliphatic rings. The zero-order valence-corrected chi connectivity index (χ0v) is 16.9. The molecule has 2 aromatic carbocycles. The Hall–Kier alpha value is -3.43. The van der Waals surface area contributed by atoms with E-state index >= 15 is 0 Å². The average Bonchev–Trinajstić information content (AvgIpc) is 3.26. The van der Waals surface area contributed by atoms with Gasteiger partial charge in [0.25, 0.3) is 0 Å². The SMILES string of the molecule is Cc1ncn(-c2ccc(Nc3cccc4c(C)n(CCCC(F)(F)F)nc34)cc2F)n1. The smallest absolute Gasteiger partial charge is 0.354 e. The molecule has 0 amide bonds. The first-order valence-corrected chi connectivity index (χ1v) is 9.69. The number of aromatic nitrogens is 5. The molecule has 4 aromatic rings. The highest BCUT2D eigenvalue weighted by atomic mass is 19.4. The zero-order valence-electron chi connectivity index (χ0n) is 16.9. The normalized spacial score (nSPS) is 11.9. The summed E-state index contributed by atoms with van der Waals surface area (Å²) in [5, 5.41) is 12.6. The molecular formula is C21H20F4N6. The van der Waals surface area contributed by atoms with Gasteiger partial charge < -0.3 is 5.32 Å². The second kappa shape index (κ2) is 8.01. The predicted molar refractivity (Wildman–Crippen MR) is 109 cm³/mol. The molecule has 1 N–H and O–H groups in total. The summed E-state index contributed by atoms with van der Waals surface area (Å²) in [5.41, 5.74) is 2.82. The number of benzene rings is 2. The lowest BCUT2D eigenvalue weighted by atomic mass is 10.2. The predicted octanol–water partition coefficient (Wildman–Crippen LogP) is 5.46. The molecule has 6 nitrogen and oxygen atoms in total. The molecule has 0 spiro atoms. The van der Waals surface area contributed by atoms with Crippen LogP contribution in [0.3, 0.4) is 0 Å². The van der Waals surface area contributed by atoms with Crippen LogP contribution in [-0.4, -0.2) is 30.7 Å². The summed E-state index contributed by atoms with van der Waals surface area (Å²) in [4.78, 5) is 4.00. The van der Waals surface area contributed by atoms with Crippen molar-refractivity contribution in [1.29, 1.82) is 0 Å². The van der Waals surface area contributed by atoms with Gasteiger partial charge in [-0.1, -0.05) is 12.1 Å². The molecule has 162 valence electrons. The fourth-order valence-corrected chi connectivity index (χ4v) is 3.41. The average molecular weight is 432 g/mol. The van der Waals surface area contributed by atoms with Gasteiger partial charge in [0, 0.05) is 29.7 Å². The minimum absolute atomic E-state index is 0.0461. The molecule has 0 fully saturated rings. The lowest BCUT2D eigenvalue weighted by Gasteiger charge is -2.09. The molecule has 0 unspecified atom stereocenters. The van der Waals surface area contributed by atoms with E-state index < -0.39 is 18.4 Å². The Kier molecular flexibility index (Phi) is 5.38. The molecule has 0 saturated heterocycles. The molecule has 10 heteroatoms. The Morgan fingerprint density at radius 3 is 2.55 bits per heavy atom. The van der Waals surface area contributed by atoms with Crippen molar-refractivity contribution < 1.29 is 17.6 Å². The van der Waals surface area contributed by atoms with Crippen molar-refractivity contribution in [3.8, 4) is 5.69 Å². The van der Waals surface area contributed by atoms with Crippen molar-refractivity contribution in [3.63, 3.8) is 0 Å². The van der Waals surface area contributed by atoms with Crippen molar-refractivity contribution in [2.75, 3.05) is 5.32 Å². The van der Waals surface area contributed by atoms with Gasteiger partial charge in [-0.2, -0.15) is 23.4 Å². The zero-order chi connectivity index (χ0) is 22.2. The molecule has 0 radical (unpaired) electrons. The standard InChI is InChI=1S/C21H20F4N6/c1-13-16-5-3-6-18(20(16)29-30(13)10-4-9-21(23,24)25)27-15-7-8-19(17(22)11-15)31-12-26-14(2)28-31/h3,5-8,11-12,27H,4,9-10H2,1-2H3. The summed E-state index contributed by atoms with van der Waals surface area (Å²) in [7, 11) is 0. The first-order chi connectivity index (χ1) is 14.7. The number of anilines is 2. The van der Waals surface area contributed by atoms with E-state index in [1.54, 1.807) is 29.8 Å². The minimum Gasteiger partial charge on any atom is -0.354 e. The molecule has 2 heterocycles. The number of alkyl halides is 3. The third-order valence-corrected chi connectivity index (χ3v) is 4.94. The second-order valence-corrected chi connectivity index (χ2v) is 7.26. The summed E-state index contributed by atoms with van der Waals surface area (Å²) in [5.74, 6) is 0.0606. The quantitative estimate of drug-likeness (QED) is 0.411. The fourth-order valence-electron chi connectivity index (χ4n) is 3.41. The van der Waals surface area contributed by atoms with E-state index in [-0.39, 0.29) is 18.7 Å². The van der Waals surface area contributed by atoms with Crippen LogP contribution in [0.1, 0.15) is 24.4 Å². The van der Waals surface area contributed by atoms with E-state index in [0.717, 1.165) is 11.1 Å². The third kappa shape index (κ3) is 4.52. The highest BCUT2D eigenvalue weighted by Crippen LogP contribution is 2.29. The van der Waals surface area contributed by atoms with E-state index in [1.807, 2.05) is 19.1 Å². The number of hydrogen-bond acceptors (Lipinski definition) is 4. The number of hydrogen-bond donors (Lipinski definition) is 1. The van der Waals surface area contributed by atoms with Gasteiger partial charge in [0.05, 0.1) is 5.69 Å². The summed E-state index contributed by atoms with van der Waals surface area (Å²) >= 11 is 0. The van der Waals surface area contributed by atoms with Crippen LogP contribution in [0.4, 0.5) is 28.9 Å². The van der Waals surface area contributed by atoms with Crippen LogP contribution in [0, 0.1) is 19.7 Å². The highest BCUT2D eigenvalue weighted by Gasteiger charge is 2.26. The Morgan fingerprint density at radius 2 is 1.87 bits per heavy atom. The van der Waals surface area contributed by atoms with Gasteiger partial charge in [-0.25, -0.2) is 14.1 Å². The van der Waals surface area contributed by atoms with Crippen molar-refractivity contribution in [1.82, 2.24) is 24.5 Å². The maximum atomic E-state index is 14.6. The second-order valence-electron chi connectivity index (χ2n) is 7.26. The summed E-state index contributed by atoms with van der Waals surface area (Å²) in [6, 6.07) is 10.1. The third-order valence-electron chi connectivity index (χ3n) is 4.94. The van der Waals surface area contributed by atoms with Crippen LogP contribution in [0.5, 0.6) is 0 Å². The molecule has 0 bridgehead atoms. The lowest BCUT2D eigenvalue weighted by Crippen LogP contribution is -2.10. The number of rotatable bonds is 6. The molecule has 31 heavy (non-hydrogen) atoms. The van der Waals surface area contributed by atoms with E-state index in [1.165, 1.54) is 17.1 Å². The Bertz CT molecular complexity index is 1220. The largest absolute Gasteiger partial charge is 0.389 e. The van der Waals surface area contributed by atoms with Crippen molar-refractivity contribution >= 4 is 22.3 Å². The van der Waals surface area contributed by atoms with Gasteiger partial charge in [0.1, 0.15) is 23.4 Å². The minimum atomic E-state index is -4.19. The van der Waals surface area contributed by atoms with Crippen LogP contribution >= 0.6 is 0 Å². The van der Waals surface area contributed by atoms with Gasteiger partial charge in [0.15, 0.2) is 5.82 Å². The van der Waals surface area contributed by atoms with Crippen LogP contribution in [0.15, 0.2) is 42.7 Å². The maximum Gasteiger partial charge on any atom is 0.389 e. The van der Waals surface area contributed by atoms with Gasteiger partial charge >= 0.3 is 6.18 Å². The van der Waals surface area contributed by atoms with Crippen molar-refractivity contribution in [2.45, 2.75) is 39.4 Å². The maximum absolute atomic E-state index is 14.6. The molecule has 0 aliphatic carbocycles. The summed E-state index contributed by atoms with van der Waals surface area (Å²) in [6.45, 7) is 3.70. The van der Waals surface area contributed by atoms with E-state index in [2.05, 4.69) is 20.5 Å². The Morgan fingerprint density at radius 1 is 1.06 bits per heavy atom. The molecule has 4 rings (SSSR count). The molecule has 0 saturated carbocycles. The number of fused-ring (bicyclic) bond motifs is 1.